The molecule has 4 aromatic rings. The maximum Gasteiger partial charge on any atom is 0.330 e. The lowest BCUT2D eigenvalue weighted by atomic mass is 9.79. The first-order valence-electron chi connectivity index (χ1n) is 14.5. The second-order valence-corrected chi connectivity index (χ2v) is 10.8. The second kappa shape index (κ2) is 13.2. The lowest BCUT2D eigenvalue weighted by Gasteiger charge is -2.40. The van der Waals surface area contributed by atoms with Crippen LogP contribution in [0.2, 0.25) is 0 Å². The summed E-state index contributed by atoms with van der Waals surface area (Å²) in [5.74, 6) is 1.38. The van der Waals surface area contributed by atoms with E-state index < -0.39 is 34.8 Å². The van der Waals surface area contributed by atoms with E-state index in [0.29, 0.717) is 23.7 Å². The summed E-state index contributed by atoms with van der Waals surface area (Å²) in [5, 5.41) is 11.6. The molecule has 3 atom stereocenters. The van der Waals surface area contributed by atoms with Crippen molar-refractivity contribution in [1.29, 1.82) is 0 Å². The first-order valence-corrected chi connectivity index (χ1v) is 14.5. The third kappa shape index (κ3) is 5.94. The molecule has 0 saturated carbocycles. The van der Waals surface area contributed by atoms with Crippen LogP contribution in [-0.2, 0) is 19.8 Å². The summed E-state index contributed by atoms with van der Waals surface area (Å²) in [4.78, 5) is 27.1. The topological polar surface area (TPSA) is 121 Å². The molecule has 0 spiro atoms. The Labute approximate surface area is 255 Å². The zero-order chi connectivity index (χ0) is 31.3. The molecular formula is C34H38N2O8. The number of H-pyrrole nitrogens is 1. The highest BCUT2D eigenvalue weighted by Gasteiger charge is 2.52. The van der Waals surface area contributed by atoms with E-state index in [4.69, 9.17) is 23.7 Å². The number of aryl methyl sites for hydroxylation is 1. The van der Waals surface area contributed by atoms with E-state index in [1.165, 1.54) is 10.8 Å². The minimum absolute atomic E-state index is 0.00828. The summed E-state index contributed by atoms with van der Waals surface area (Å²) < 4.78 is 31.6. The van der Waals surface area contributed by atoms with Crippen molar-refractivity contribution in [3.8, 4) is 11.5 Å². The summed E-state index contributed by atoms with van der Waals surface area (Å²) in [6.45, 7) is 3.74. The number of aromatic nitrogens is 2. The van der Waals surface area contributed by atoms with Gasteiger partial charge in [-0.25, -0.2) is 4.79 Å². The average molecular weight is 603 g/mol. The summed E-state index contributed by atoms with van der Waals surface area (Å²) >= 11 is 0. The molecule has 1 aromatic heterocycles. The number of aromatic amines is 1. The Balaban J connectivity index is 1.62. The Hall–Kier alpha value is -4.22. The molecule has 44 heavy (non-hydrogen) atoms. The van der Waals surface area contributed by atoms with Crippen molar-refractivity contribution in [2.24, 2.45) is 0 Å². The molecule has 5 rings (SSSR count). The minimum Gasteiger partial charge on any atom is -0.497 e. The summed E-state index contributed by atoms with van der Waals surface area (Å²) in [5.41, 5.74) is -0.770. The highest BCUT2D eigenvalue weighted by atomic mass is 16.6. The molecule has 10 heteroatoms. The lowest BCUT2D eigenvalue weighted by molar-refractivity contribution is -0.185. The van der Waals surface area contributed by atoms with Gasteiger partial charge in [-0.2, -0.15) is 0 Å². The van der Waals surface area contributed by atoms with Crippen LogP contribution in [0.15, 0.2) is 94.6 Å². The van der Waals surface area contributed by atoms with Gasteiger partial charge in [0.2, 0.25) is 0 Å². The standard InChI is InChI=1S/C34H38N2O8/c1-5-42-21-33(29(37)19-30(44-33)36-20-23(2)31(38)35-32(36)39)22-43-34(24-9-7-6-8-10-24,25-11-15-27(40-3)16-12-25)26-13-17-28(41-4)18-14-26/h6-18,20,29-30,37H,5,19,21-22H2,1-4H3,(H,35,38,39)/t29-,30+,33+/m0/s1. The number of benzene rings is 3. The normalized spacial score (nSPS) is 20.0. The predicted molar refractivity (Wildman–Crippen MR) is 164 cm³/mol. The summed E-state index contributed by atoms with van der Waals surface area (Å²) in [7, 11) is 3.22. The average Bonchev–Trinajstić information content (AvgIpc) is 3.38. The molecule has 0 radical (unpaired) electrons. The Morgan fingerprint density at radius 3 is 2.02 bits per heavy atom. The molecule has 1 aliphatic heterocycles. The first kappa shape index (κ1) is 31.2. The number of nitrogens with one attached hydrogen (secondary N) is 1. The molecule has 3 aromatic carbocycles. The van der Waals surface area contributed by atoms with Gasteiger partial charge in [-0.05, 0) is 54.8 Å². The number of methoxy groups -OCH3 is 2. The number of rotatable bonds is 12. The molecule has 0 aliphatic carbocycles. The number of aliphatic hydroxyl groups is 1. The predicted octanol–water partition coefficient (Wildman–Crippen LogP) is 3.93. The van der Waals surface area contributed by atoms with E-state index in [1.807, 2.05) is 85.8 Å². The monoisotopic (exact) mass is 602 g/mol. The molecule has 1 saturated heterocycles. The van der Waals surface area contributed by atoms with Crippen LogP contribution in [0.1, 0.15) is 41.8 Å². The van der Waals surface area contributed by atoms with E-state index in [2.05, 4.69) is 4.98 Å². The molecular weight excluding hydrogens is 564 g/mol. The SMILES string of the molecule is CCOC[C@]1(COC(c2ccccc2)(c2ccc(OC)cc2)c2ccc(OC)cc2)O[C@@H](n2cc(C)c(=O)[nH]c2=O)C[C@@H]1O. The Bertz CT molecular complexity index is 1600. The third-order valence-corrected chi connectivity index (χ3v) is 8.12. The van der Waals surface area contributed by atoms with Gasteiger partial charge in [0.15, 0.2) is 0 Å². The maximum absolute atomic E-state index is 12.8. The summed E-state index contributed by atoms with van der Waals surface area (Å²) in [6.07, 6.45) is -0.381. The third-order valence-electron chi connectivity index (χ3n) is 8.12. The van der Waals surface area contributed by atoms with E-state index >= 15 is 0 Å². The Kier molecular flexibility index (Phi) is 9.36. The van der Waals surface area contributed by atoms with Gasteiger partial charge in [0.1, 0.15) is 28.9 Å². The highest BCUT2D eigenvalue weighted by Crippen LogP contribution is 2.45. The van der Waals surface area contributed by atoms with Crippen molar-refractivity contribution < 1.29 is 28.8 Å². The zero-order valence-corrected chi connectivity index (χ0v) is 25.3. The zero-order valence-electron chi connectivity index (χ0n) is 25.3. The minimum atomic E-state index is -1.34. The quantitative estimate of drug-likeness (QED) is 0.234. The number of hydrogen-bond donors (Lipinski definition) is 2. The van der Waals surface area contributed by atoms with Crippen molar-refractivity contribution >= 4 is 0 Å². The fourth-order valence-electron chi connectivity index (χ4n) is 5.66. The van der Waals surface area contributed by atoms with Crippen molar-refractivity contribution in [2.75, 3.05) is 34.0 Å². The smallest absolute Gasteiger partial charge is 0.330 e. The van der Waals surface area contributed by atoms with Crippen LogP contribution >= 0.6 is 0 Å². The fraction of sp³-hybridized carbons (Fsp3) is 0.353. The number of ether oxygens (including phenoxy) is 5. The van der Waals surface area contributed by atoms with Crippen molar-refractivity contribution in [3.63, 3.8) is 0 Å². The van der Waals surface area contributed by atoms with Crippen LogP contribution in [0.5, 0.6) is 11.5 Å². The maximum atomic E-state index is 12.8. The van der Waals surface area contributed by atoms with Gasteiger partial charge in [0, 0.05) is 24.8 Å². The van der Waals surface area contributed by atoms with Crippen molar-refractivity contribution in [3.05, 3.63) is 128 Å². The number of aliphatic hydroxyl groups excluding tert-OH is 1. The summed E-state index contributed by atoms with van der Waals surface area (Å²) in [6, 6.07) is 25.1. The van der Waals surface area contributed by atoms with Gasteiger partial charge < -0.3 is 28.8 Å². The van der Waals surface area contributed by atoms with Gasteiger partial charge in [0.05, 0.1) is 33.5 Å². The van der Waals surface area contributed by atoms with Gasteiger partial charge in [-0.1, -0.05) is 54.6 Å². The fourth-order valence-corrected chi connectivity index (χ4v) is 5.66. The van der Waals surface area contributed by atoms with Gasteiger partial charge >= 0.3 is 5.69 Å². The van der Waals surface area contributed by atoms with Gasteiger partial charge in [-0.15, -0.1) is 0 Å². The lowest BCUT2D eigenvalue weighted by Crippen LogP contribution is -2.51. The Morgan fingerprint density at radius 1 is 0.909 bits per heavy atom. The molecule has 0 unspecified atom stereocenters. The van der Waals surface area contributed by atoms with E-state index in [1.54, 1.807) is 21.1 Å². The van der Waals surface area contributed by atoms with Crippen LogP contribution in [-0.4, -0.2) is 60.4 Å². The largest absolute Gasteiger partial charge is 0.497 e. The van der Waals surface area contributed by atoms with Crippen LogP contribution in [0.4, 0.5) is 0 Å². The molecule has 232 valence electrons. The van der Waals surface area contributed by atoms with Crippen LogP contribution in [0.25, 0.3) is 0 Å². The molecule has 2 N–H and O–H groups in total. The molecule has 0 amide bonds. The molecule has 10 nitrogen and oxygen atoms in total. The second-order valence-electron chi connectivity index (χ2n) is 10.8. The number of nitrogens with zero attached hydrogens (tertiary/aromatic N) is 1. The van der Waals surface area contributed by atoms with Gasteiger partial charge in [0.25, 0.3) is 5.56 Å². The van der Waals surface area contributed by atoms with Gasteiger partial charge in [-0.3, -0.25) is 14.3 Å². The van der Waals surface area contributed by atoms with E-state index in [9.17, 15) is 14.7 Å². The first-order chi connectivity index (χ1) is 21.3. The van der Waals surface area contributed by atoms with E-state index in [-0.39, 0.29) is 19.6 Å². The van der Waals surface area contributed by atoms with Crippen molar-refractivity contribution in [2.45, 2.75) is 43.8 Å². The molecule has 2 heterocycles. The Morgan fingerprint density at radius 2 is 1.48 bits per heavy atom. The highest BCUT2D eigenvalue weighted by molar-refractivity contribution is 5.49. The molecule has 0 bridgehead atoms. The molecule has 1 aliphatic rings. The number of hydrogen-bond acceptors (Lipinski definition) is 8. The van der Waals surface area contributed by atoms with Crippen molar-refractivity contribution in [1.82, 2.24) is 9.55 Å². The molecule has 1 fully saturated rings. The van der Waals surface area contributed by atoms with Crippen LogP contribution < -0.4 is 20.7 Å². The van der Waals surface area contributed by atoms with E-state index in [0.717, 1.165) is 16.7 Å². The van der Waals surface area contributed by atoms with Crippen LogP contribution in [0.3, 0.4) is 0 Å². The van der Waals surface area contributed by atoms with Crippen LogP contribution in [0, 0.1) is 6.92 Å².